The van der Waals surface area contributed by atoms with Gasteiger partial charge in [-0.2, -0.15) is 9.97 Å². The van der Waals surface area contributed by atoms with E-state index in [0.717, 1.165) is 22.2 Å². The maximum atomic E-state index is 5.85. The van der Waals surface area contributed by atoms with Crippen molar-refractivity contribution in [3.05, 3.63) is 59.7 Å². The highest BCUT2D eigenvalue weighted by atomic mass is 16.5. The molecular formula is C20H21N7O2. The van der Waals surface area contributed by atoms with Crippen molar-refractivity contribution >= 4 is 16.9 Å². The highest BCUT2D eigenvalue weighted by molar-refractivity contribution is 5.82. The average Bonchev–Trinajstić information content (AvgIpc) is 3.17. The van der Waals surface area contributed by atoms with Gasteiger partial charge in [0, 0.05) is 13.1 Å². The molecule has 9 heteroatoms. The summed E-state index contributed by atoms with van der Waals surface area (Å²) in [5, 5.41) is 11.6. The molecule has 0 unspecified atom stereocenters. The van der Waals surface area contributed by atoms with E-state index >= 15 is 0 Å². The normalized spacial score (nSPS) is 10.9. The van der Waals surface area contributed by atoms with Gasteiger partial charge in [0.15, 0.2) is 5.82 Å². The fraction of sp³-hybridized carbons (Fsp3) is 0.200. The van der Waals surface area contributed by atoms with Crippen LogP contribution in [0.25, 0.3) is 17.0 Å². The zero-order valence-electron chi connectivity index (χ0n) is 16.2. The van der Waals surface area contributed by atoms with Crippen molar-refractivity contribution < 1.29 is 9.47 Å². The number of nitrogens with zero attached hydrogens (tertiary/aromatic N) is 5. The van der Waals surface area contributed by atoms with Crippen molar-refractivity contribution in [2.75, 3.05) is 19.5 Å². The van der Waals surface area contributed by atoms with E-state index in [1.165, 1.54) is 7.11 Å². The van der Waals surface area contributed by atoms with Gasteiger partial charge in [0.05, 0.1) is 25.3 Å². The standard InChI is InChI=1S/C20H21N7O2/c1-28-18-17(22-12-13-7-4-3-5-8-13)24-19(26-25-18)27-15-10-6-9-14(11-21)16(15)23-20(27)29-2/h3-10H,11-12,21H2,1-2H3,(H,22,24,26). The minimum absolute atomic E-state index is 0.302. The lowest BCUT2D eigenvalue weighted by Gasteiger charge is -2.11. The molecule has 2 aromatic heterocycles. The zero-order valence-corrected chi connectivity index (χ0v) is 16.2. The first kappa shape index (κ1) is 18.6. The van der Waals surface area contributed by atoms with Crippen molar-refractivity contribution in [3.8, 4) is 17.8 Å². The van der Waals surface area contributed by atoms with Gasteiger partial charge >= 0.3 is 6.01 Å². The van der Waals surface area contributed by atoms with Crippen LogP contribution < -0.4 is 20.5 Å². The fourth-order valence-corrected chi connectivity index (χ4v) is 3.07. The van der Waals surface area contributed by atoms with Gasteiger partial charge in [-0.05, 0) is 17.2 Å². The van der Waals surface area contributed by atoms with E-state index in [0.29, 0.717) is 36.7 Å². The van der Waals surface area contributed by atoms with Crippen LogP contribution in [-0.4, -0.2) is 39.0 Å². The van der Waals surface area contributed by atoms with Crippen LogP contribution in [0.4, 0.5) is 5.82 Å². The van der Waals surface area contributed by atoms with Crippen molar-refractivity contribution in [1.29, 1.82) is 0 Å². The molecule has 0 fully saturated rings. The van der Waals surface area contributed by atoms with Crippen LogP contribution in [0.15, 0.2) is 48.5 Å². The molecule has 4 rings (SSSR count). The van der Waals surface area contributed by atoms with Crippen molar-refractivity contribution in [1.82, 2.24) is 24.7 Å². The Labute approximate surface area is 167 Å². The summed E-state index contributed by atoms with van der Waals surface area (Å²) in [6.45, 7) is 0.928. The van der Waals surface area contributed by atoms with Gasteiger partial charge < -0.3 is 20.5 Å². The molecule has 148 valence electrons. The topological polar surface area (TPSA) is 113 Å². The molecule has 0 saturated heterocycles. The van der Waals surface area contributed by atoms with Crippen LogP contribution in [0, 0.1) is 0 Å². The van der Waals surface area contributed by atoms with E-state index in [4.69, 9.17) is 15.2 Å². The first-order chi connectivity index (χ1) is 14.2. The Morgan fingerprint density at radius 1 is 0.966 bits per heavy atom. The average molecular weight is 391 g/mol. The number of fused-ring (bicyclic) bond motifs is 1. The molecule has 0 amide bonds. The number of rotatable bonds is 7. The number of hydrogen-bond donors (Lipinski definition) is 2. The molecule has 3 N–H and O–H groups in total. The lowest BCUT2D eigenvalue weighted by Crippen LogP contribution is -2.11. The number of imidazole rings is 1. The largest absolute Gasteiger partial charge is 0.477 e. The summed E-state index contributed by atoms with van der Waals surface area (Å²) in [4.78, 5) is 9.16. The Hall–Kier alpha value is -3.72. The highest BCUT2D eigenvalue weighted by Gasteiger charge is 2.19. The second kappa shape index (κ2) is 8.11. The van der Waals surface area contributed by atoms with E-state index in [-0.39, 0.29) is 0 Å². The summed E-state index contributed by atoms with van der Waals surface area (Å²) in [7, 11) is 3.07. The Bertz CT molecular complexity index is 1130. The zero-order chi connectivity index (χ0) is 20.2. The van der Waals surface area contributed by atoms with Gasteiger partial charge in [-0.15, -0.1) is 10.2 Å². The number of hydrogen-bond acceptors (Lipinski definition) is 8. The predicted molar refractivity (Wildman–Crippen MR) is 109 cm³/mol. The van der Waals surface area contributed by atoms with Crippen LogP contribution in [0.5, 0.6) is 11.9 Å². The van der Waals surface area contributed by atoms with Crippen molar-refractivity contribution in [2.24, 2.45) is 5.73 Å². The summed E-state index contributed by atoms with van der Waals surface area (Å²) in [5.41, 5.74) is 9.39. The molecule has 0 aliphatic carbocycles. The highest BCUT2D eigenvalue weighted by Crippen LogP contribution is 2.28. The van der Waals surface area contributed by atoms with Crippen LogP contribution in [0.2, 0.25) is 0 Å². The third-order valence-corrected chi connectivity index (χ3v) is 4.48. The smallest absolute Gasteiger partial charge is 0.304 e. The number of para-hydroxylation sites is 1. The third kappa shape index (κ3) is 3.55. The minimum atomic E-state index is 0.302. The Kier molecular flexibility index (Phi) is 5.21. The van der Waals surface area contributed by atoms with Crippen LogP contribution in [0.1, 0.15) is 11.1 Å². The van der Waals surface area contributed by atoms with Gasteiger partial charge in [-0.3, -0.25) is 0 Å². The monoisotopic (exact) mass is 391 g/mol. The lowest BCUT2D eigenvalue weighted by atomic mass is 10.2. The first-order valence-corrected chi connectivity index (χ1v) is 9.06. The molecule has 0 radical (unpaired) electrons. The summed E-state index contributed by atoms with van der Waals surface area (Å²) in [6.07, 6.45) is 0. The first-order valence-electron chi connectivity index (χ1n) is 9.06. The second-order valence-electron chi connectivity index (χ2n) is 6.23. The maximum absolute atomic E-state index is 5.85. The van der Waals surface area contributed by atoms with Crippen LogP contribution >= 0.6 is 0 Å². The van der Waals surface area contributed by atoms with Crippen molar-refractivity contribution in [3.63, 3.8) is 0 Å². The number of nitrogens with one attached hydrogen (secondary N) is 1. The molecule has 2 heterocycles. The molecule has 2 aromatic carbocycles. The van der Waals surface area contributed by atoms with Crippen LogP contribution in [0.3, 0.4) is 0 Å². The Balaban J connectivity index is 1.77. The summed E-state index contributed by atoms with van der Waals surface area (Å²) in [5.74, 6) is 1.09. The van der Waals surface area contributed by atoms with E-state index in [1.807, 2.05) is 48.5 Å². The maximum Gasteiger partial charge on any atom is 0.304 e. The quantitative estimate of drug-likeness (QED) is 0.493. The molecule has 9 nitrogen and oxygen atoms in total. The van der Waals surface area contributed by atoms with Crippen molar-refractivity contribution in [2.45, 2.75) is 13.1 Å². The number of methoxy groups -OCH3 is 2. The number of aromatic nitrogens is 5. The van der Waals surface area contributed by atoms with Gasteiger partial charge in [0.25, 0.3) is 11.8 Å². The number of anilines is 1. The van der Waals surface area contributed by atoms with Gasteiger partial charge in [-0.25, -0.2) is 4.57 Å². The Morgan fingerprint density at radius 3 is 2.52 bits per heavy atom. The summed E-state index contributed by atoms with van der Waals surface area (Å²) >= 11 is 0. The molecular weight excluding hydrogens is 370 g/mol. The Morgan fingerprint density at radius 2 is 1.79 bits per heavy atom. The molecule has 29 heavy (non-hydrogen) atoms. The van der Waals surface area contributed by atoms with Gasteiger partial charge in [-0.1, -0.05) is 42.5 Å². The molecule has 0 atom stereocenters. The summed E-state index contributed by atoms with van der Waals surface area (Å²) in [6, 6.07) is 16.1. The minimum Gasteiger partial charge on any atom is -0.477 e. The third-order valence-electron chi connectivity index (χ3n) is 4.48. The van der Waals surface area contributed by atoms with Gasteiger partial charge in [0.1, 0.15) is 0 Å². The van der Waals surface area contributed by atoms with Gasteiger partial charge in [0.2, 0.25) is 0 Å². The molecule has 0 aliphatic rings. The number of ether oxygens (including phenoxy) is 2. The molecule has 0 spiro atoms. The predicted octanol–water partition coefficient (Wildman–Crippen LogP) is 2.30. The fourth-order valence-electron chi connectivity index (χ4n) is 3.07. The second-order valence-corrected chi connectivity index (χ2v) is 6.23. The number of benzene rings is 2. The lowest BCUT2D eigenvalue weighted by molar-refractivity contribution is 0.371. The van der Waals surface area contributed by atoms with Crippen LogP contribution in [-0.2, 0) is 13.1 Å². The molecule has 0 saturated carbocycles. The van der Waals surface area contributed by atoms with E-state index in [2.05, 4.69) is 25.5 Å². The van der Waals surface area contributed by atoms with E-state index in [1.54, 1.807) is 11.7 Å². The van der Waals surface area contributed by atoms with E-state index < -0.39 is 0 Å². The summed E-state index contributed by atoms with van der Waals surface area (Å²) < 4.78 is 12.5. The SMILES string of the molecule is COc1nnc(-n2c(OC)nc3c(CN)cccc32)nc1NCc1ccccc1. The molecule has 0 aliphatic heterocycles. The molecule has 0 bridgehead atoms. The molecule has 4 aromatic rings. The van der Waals surface area contributed by atoms with E-state index in [9.17, 15) is 0 Å². The number of nitrogens with two attached hydrogens (primary N) is 1.